The first kappa shape index (κ1) is 19.1. The SMILES string of the molecule is Cc1ccc(S(=O)(=O)N[C@@H](CC(=O)NCC(C)C)C(=O)O)cc1. The van der Waals surface area contributed by atoms with Crippen molar-refractivity contribution in [2.45, 2.75) is 38.1 Å². The molecule has 1 aromatic rings. The molecular formula is C15H22N2O5S. The van der Waals surface area contributed by atoms with Crippen molar-refractivity contribution in [3.8, 4) is 0 Å². The Bertz CT molecular complexity index is 653. The predicted octanol–water partition coefficient (Wildman–Crippen LogP) is 0.889. The minimum Gasteiger partial charge on any atom is -0.480 e. The van der Waals surface area contributed by atoms with Crippen LogP contribution in [-0.2, 0) is 19.6 Å². The predicted molar refractivity (Wildman–Crippen MR) is 85.4 cm³/mol. The highest BCUT2D eigenvalue weighted by molar-refractivity contribution is 7.89. The molecule has 8 heteroatoms. The number of nitrogens with one attached hydrogen (secondary N) is 2. The van der Waals surface area contributed by atoms with Gasteiger partial charge in [0.2, 0.25) is 15.9 Å². The third-order valence-electron chi connectivity index (χ3n) is 3.02. The fourth-order valence-electron chi connectivity index (χ4n) is 1.73. The lowest BCUT2D eigenvalue weighted by Crippen LogP contribution is -2.44. The maximum Gasteiger partial charge on any atom is 0.322 e. The lowest BCUT2D eigenvalue weighted by molar-refractivity contribution is -0.141. The molecule has 0 aliphatic carbocycles. The van der Waals surface area contributed by atoms with Gasteiger partial charge in [0.1, 0.15) is 6.04 Å². The van der Waals surface area contributed by atoms with Crippen molar-refractivity contribution in [2.24, 2.45) is 5.92 Å². The highest BCUT2D eigenvalue weighted by Gasteiger charge is 2.27. The number of carbonyl (C=O) groups is 2. The quantitative estimate of drug-likeness (QED) is 0.649. The number of hydrogen-bond acceptors (Lipinski definition) is 4. The van der Waals surface area contributed by atoms with Crippen LogP contribution in [0.5, 0.6) is 0 Å². The number of rotatable bonds is 8. The summed E-state index contributed by atoms with van der Waals surface area (Å²) in [6.07, 6.45) is -0.465. The molecule has 1 aromatic carbocycles. The summed E-state index contributed by atoms with van der Waals surface area (Å²) in [6.45, 7) is 6.00. The normalized spacial score (nSPS) is 12.9. The summed E-state index contributed by atoms with van der Waals surface area (Å²) in [5, 5.41) is 11.7. The first-order valence-corrected chi connectivity index (χ1v) is 8.68. The van der Waals surface area contributed by atoms with Crippen LogP contribution in [0.3, 0.4) is 0 Å². The van der Waals surface area contributed by atoms with Crippen molar-refractivity contribution in [3.63, 3.8) is 0 Å². The van der Waals surface area contributed by atoms with Crippen molar-refractivity contribution < 1.29 is 23.1 Å². The Hall–Kier alpha value is -1.93. The van der Waals surface area contributed by atoms with E-state index in [0.29, 0.717) is 6.54 Å². The molecule has 0 heterocycles. The molecule has 23 heavy (non-hydrogen) atoms. The van der Waals surface area contributed by atoms with E-state index in [0.717, 1.165) is 5.56 Å². The number of carbonyl (C=O) groups excluding carboxylic acids is 1. The molecule has 0 spiro atoms. The molecule has 0 aromatic heterocycles. The van der Waals surface area contributed by atoms with E-state index in [1.54, 1.807) is 12.1 Å². The van der Waals surface area contributed by atoms with Crippen LogP contribution >= 0.6 is 0 Å². The van der Waals surface area contributed by atoms with Gasteiger partial charge in [-0.2, -0.15) is 4.72 Å². The van der Waals surface area contributed by atoms with Gasteiger partial charge in [-0.05, 0) is 25.0 Å². The third kappa shape index (κ3) is 6.37. The molecule has 0 radical (unpaired) electrons. The second-order valence-corrected chi connectivity index (χ2v) is 7.44. The van der Waals surface area contributed by atoms with E-state index in [2.05, 4.69) is 10.0 Å². The Morgan fingerprint density at radius 1 is 1.17 bits per heavy atom. The number of benzene rings is 1. The highest BCUT2D eigenvalue weighted by atomic mass is 32.2. The van der Waals surface area contributed by atoms with Crippen LogP contribution in [0.15, 0.2) is 29.2 Å². The summed E-state index contributed by atoms with van der Waals surface area (Å²) in [4.78, 5) is 22.9. The first-order valence-electron chi connectivity index (χ1n) is 7.20. The zero-order chi connectivity index (χ0) is 17.6. The van der Waals surface area contributed by atoms with Crippen molar-refractivity contribution >= 4 is 21.9 Å². The summed E-state index contributed by atoms with van der Waals surface area (Å²) in [5.41, 5.74) is 0.881. The second kappa shape index (κ2) is 8.07. The minimum atomic E-state index is -4.01. The van der Waals surface area contributed by atoms with Crippen molar-refractivity contribution in [1.29, 1.82) is 0 Å². The number of aryl methyl sites for hydroxylation is 1. The van der Waals surface area contributed by atoms with Gasteiger partial charge in [0.25, 0.3) is 0 Å². The fraction of sp³-hybridized carbons (Fsp3) is 0.467. The molecule has 1 atom stereocenters. The maximum absolute atomic E-state index is 12.2. The van der Waals surface area contributed by atoms with Gasteiger partial charge in [0.15, 0.2) is 0 Å². The molecule has 128 valence electrons. The van der Waals surface area contributed by atoms with Gasteiger partial charge in [0.05, 0.1) is 11.3 Å². The van der Waals surface area contributed by atoms with Crippen LogP contribution in [0.4, 0.5) is 0 Å². The monoisotopic (exact) mass is 342 g/mol. The number of carboxylic acids is 1. The Morgan fingerprint density at radius 3 is 2.22 bits per heavy atom. The van der Waals surface area contributed by atoms with Crippen molar-refractivity contribution in [3.05, 3.63) is 29.8 Å². The molecule has 0 aliphatic heterocycles. The summed E-state index contributed by atoms with van der Waals surface area (Å²) in [5.74, 6) is -1.70. The van der Waals surface area contributed by atoms with Gasteiger partial charge >= 0.3 is 5.97 Å². The van der Waals surface area contributed by atoms with E-state index in [1.807, 2.05) is 20.8 Å². The zero-order valence-electron chi connectivity index (χ0n) is 13.4. The molecule has 1 rings (SSSR count). The topological polar surface area (TPSA) is 113 Å². The summed E-state index contributed by atoms with van der Waals surface area (Å²) in [6, 6.07) is 4.47. The number of amides is 1. The molecule has 0 fully saturated rings. The van der Waals surface area contributed by atoms with Gasteiger partial charge in [-0.15, -0.1) is 0 Å². The smallest absolute Gasteiger partial charge is 0.322 e. The van der Waals surface area contributed by atoms with E-state index in [1.165, 1.54) is 12.1 Å². The van der Waals surface area contributed by atoms with Gasteiger partial charge < -0.3 is 10.4 Å². The minimum absolute atomic E-state index is 0.0445. The Balaban J connectivity index is 2.80. The molecule has 0 saturated heterocycles. The molecule has 7 nitrogen and oxygen atoms in total. The van der Waals surface area contributed by atoms with Crippen LogP contribution in [0.25, 0.3) is 0 Å². The van der Waals surface area contributed by atoms with E-state index >= 15 is 0 Å². The van der Waals surface area contributed by atoms with Gasteiger partial charge in [-0.3, -0.25) is 9.59 Å². The van der Waals surface area contributed by atoms with Crippen molar-refractivity contribution in [2.75, 3.05) is 6.54 Å². The summed E-state index contributed by atoms with van der Waals surface area (Å²) < 4.78 is 26.5. The van der Waals surface area contributed by atoms with Gasteiger partial charge in [-0.1, -0.05) is 31.5 Å². The average Bonchev–Trinajstić information content (AvgIpc) is 2.44. The van der Waals surface area contributed by atoms with Crippen LogP contribution in [0, 0.1) is 12.8 Å². The number of hydrogen-bond donors (Lipinski definition) is 3. The highest BCUT2D eigenvalue weighted by Crippen LogP contribution is 2.11. The van der Waals surface area contributed by atoms with E-state index in [9.17, 15) is 18.0 Å². The Kier molecular flexibility index (Phi) is 6.71. The van der Waals surface area contributed by atoms with Crippen LogP contribution < -0.4 is 10.0 Å². The van der Waals surface area contributed by atoms with Crippen LogP contribution in [0.2, 0.25) is 0 Å². The standard InChI is InChI=1S/C15H22N2O5S/c1-10(2)9-16-14(18)8-13(15(19)20)17-23(21,22)12-6-4-11(3)5-7-12/h4-7,10,13,17H,8-9H2,1-3H3,(H,16,18)(H,19,20)/t13-/m0/s1. The van der Waals surface area contributed by atoms with E-state index in [4.69, 9.17) is 5.11 Å². The number of sulfonamides is 1. The van der Waals surface area contributed by atoms with Crippen LogP contribution in [0.1, 0.15) is 25.8 Å². The third-order valence-corrected chi connectivity index (χ3v) is 4.51. The second-order valence-electron chi connectivity index (χ2n) is 5.73. The van der Waals surface area contributed by atoms with Crippen molar-refractivity contribution in [1.82, 2.24) is 10.0 Å². The molecular weight excluding hydrogens is 320 g/mol. The van der Waals surface area contributed by atoms with E-state index < -0.39 is 34.4 Å². The Labute approximate surface area is 136 Å². The fourth-order valence-corrected chi connectivity index (χ4v) is 2.92. The zero-order valence-corrected chi connectivity index (χ0v) is 14.2. The molecule has 3 N–H and O–H groups in total. The largest absolute Gasteiger partial charge is 0.480 e. The molecule has 0 unspecified atom stereocenters. The lowest BCUT2D eigenvalue weighted by Gasteiger charge is -2.15. The summed E-state index contributed by atoms with van der Waals surface area (Å²) >= 11 is 0. The van der Waals surface area contributed by atoms with Crippen LogP contribution in [-0.4, -0.2) is 38.0 Å². The van der Waals surface area contributed by atoms with Gasteiger partial charge in [0, 0.05) is 6.54 Å². The molecule has 1 amide bonds. The molecule has 0 bridgehead atoms. The summed E-state index contributed by atoms with van der Waals surface area (Å²) in [7, 11) is -4.01. The molecule has 0 aliphatic rings. The van der Waals surface area contributed by atoms with E-state index in [-0.39, 0.29) is 10.8 Å². The number of aliphatic carboxylic acids is 1. The average molecular weight is 342 g/mol. The first-order chi connectivity index (χ1) is 10.6. The lowest BCUT2D eigenvalue weighted by atomic mass is 10.2. The molecule has 0 saturated carbocycles. The maximum atomic E-state index is 12.2. The number of carboxylic acid groups (broad SMARTS) is 1. The Morgan fingerprint density at radius 2 is 1.74 bits per heavy atom. The van der Waals surface area contributed by atoms with Gasteiger partial charge in [-0.25, -0.2) is 8.42 Å².